The number of hydrogen-bond donors (Lipinski definition) is 1. The van der Waals surface area contributed by atoms with Gasteiger partial charge in [-0.05, 0) is 31.4 Å². The molecule has 1 heterocycles. The highest BCUT2D eigenvalue weighted by Gasteiger charge is 2.25. The fraction of sp³-hybridized carbons (Fsp3) is 0.909. The molecule has 1 saturated heterocycles. The smallest absolute Gasteiger partial charge is 0.233 e. The van der Waals surface area contributed by atoms with Crippen LogP contribution in [0.2, 0.25) is 0 Å². The van der Waals surface area contributed by atoms with Crippen LogP contribution >= 0.6 is 11.8 Å². The van der Waals surface area contributed by atoms with E-state index in [0.29, 0.717) is 11.9 Å². The Bertz CT molecular complexity index is 195. The maximum atomic E-state index is 11.8. The van der Waals surface area contributed by atoms with Crippen LogP contribution in [0.4, 0.5) is 0 Å². The van der Waals surface area contributed by atoms with E-state index < -0.39 is 0 Å². The molecule has 0 radical (unpaired) electrons. The normalized spacial score (nSPS) is 29.0. The van der Waals surface area contributed by atoms with E-state index in [1.807, 2.05) is 11.8 Å². The van der Waals surface area contributed by atoms with Crippen LogP contribution in [0.15, 0.2) is 0 Å². The summed E-state index contributed by atoms with van der Waals surface area (Å²) in [6.45, 7) is 0. The quantitative estimate of drug-likeness (QED) is 0.763. The highest BCUT2D eigenvalue weighted by Crippen LogP contribution is 2.27. The molecule has 1 atom stereocenters. The summed E-state index contributed by atoms with van der Waals surface area (Å²) >= 11 is 1.83. The van der Waals surface area contributed by atoms with Crippen molar-refractivity contribution in [2.45, 2.75) is 56.2 Å². The Balaban J connectivity index is 1.75. The SMILES string of the molecule is O=C(NC1CCCCC1)C1CCCS1. The zero-order valence-electron chi connectivity index (χ0n) is 8.63. The van der Waals surface area contributed by atoms with Crippen molar-refractivity contribution in [2.24, 2.45) is 0 Å². The summed E-state index contributed by atoms with van der Waals surface area (Å²) in [5.41, 5.74) is 0. The van der Waals surface area contributed by atoms with Gasteiger partial charge in [-0.3, -0.25) is 4.79 Å². The Labute approximate surface area is 90.2 Å². The van der Waals surface area contributed by atoms with Crippen molar-refractivity contribution in [3.8, 4) is 0 Å². The van der Waals surface area contributed by atoms with Gasteiger partial charge in [0.05, 0.1) is 5.25 Å². The third-order valence-corrected chi connectivity index (χ3v) is 4.55. The van der Waals surface area contributed by atoms with Crippen LogP contribution in [-0.4, -0.2) is 23.0 Å². The molecule has 1 amide bonds. The van der Waals surface area contributed by atoms with Gasteiger partial charge in [0.1, 0.15) is 0 Å². The van der Waals surface area contributed by atoms with Gasteiger partial charge in [0, 0.05) is 6.04 Å². The molecular weight excluding hydrogens is 194 g/mol. The molecule has 1 aliphatic heterocycles. The lowest BCUT2D eigenvalue weighted by Gasteiger charge is -2.24. The molecule has 2 fully saturated rings. The fourth-order valence-electron chi connectivity index (χ4n) is 2.33. The summed E-state index contributed by atoms with van der Waals surface area (Å²) in [4.78, 5) is 11.8. The summed E-state index contributed by atoms with van der Waals surface area (Å²) in [6, 6.07) is 0.484. The van der Waals surface area contributed by atoms with Crippen molar-refractivity contribution in [2.75, 3.05) is 5.75 Å². The van der Waals surface area contributed by atoms with Gasteiger partial charge in [0.25, 0.3) is 0 Å². The number of hydrogen-bond acceptors (Lipinski definition) is 2. The molecule has 2 rings (SSSR count). The van der Waals surface area contributed by atoms with Crippen molar-refractivity contribution >= 4 is 17.7 Å². The number of thioether (sulfide) groups is 1. The minimum absolute atomic E-state index is 0.261. The van der Waals surface area contributed by atoms with E-state index >= 15 is 0 Å². The second-order valence-electron chi connectivity index (χ2n) is 4.35. The average Bonchev–Trinajstić information content (AvgIpc) is 2.72. The van der Waals surface area contributed by atoms with Crippen LogP contribution in [0.1, 0.15) is 44.9 Å². The third kappa shape index (κ3) is 2.66. The van der Waals surface area contributed by atoms with Gasteiger partial charge in [-0.25, -0.2) is 0 Å². The summed E-state index contributed by atoms with van der Waals surface area (Å²) in [5, 5.41) is 3.46. The van der Waals surface area contributed by atoms with Crippen molar-refractivity contribution in [3.05, 3.63) is 0 Å². The molecule has 0 bridgehead atoms. The molecule has 0 aromatic carbocycles. The van der Waals surface area contributed by atoms with Crippen LogP contribution in [0, 0.1) is 0 Å². The Morgan fingerprint density at radius 1 is 1.07 bits per heavy atom. The predicted octanol–water partition coefficient (Wildman–Crippen LogP) is 2.33. The predicted molar refractivity (Wildman–Crippen MR) is 60.5 cm³/mol. The molecule has 0 aromatic rings. The van der Waals surface area contributed by atoms with Gasteiger partial charge < -0.3 is 5.32 Å². The molecule has 1 saturated carbocycles. The molecule has 1 N–H and O–H groups in total. The summed E-state index contributed by atoms with van der Waals surface area (Å²) < 4.78 is 0. The minimum atomic E-state index is 0.261. The highest BCUT2D eigenvalue weighted by molar-refractivity contribution is 8.00. The van der Waals surface area contributed by atoms with Gasteiger partial charge in [-0.1, -0.05) is 19.3 Å². The highest BCUT2D eigenvalue weighted by atomic mass is 32.2. The molecule has 14 heavy (non-hydrogen) atoms. The van der Waals surface area contributed by atoms with Gasteiger partial charge >= 0.3 is 0 Å². The Kier molecular flexibility index (Phi) is 3.74. The monoisotopic (exact) mass is 213 g/mol. The molecule has 1 aliphatic carbocycles. The average molecular weight is 213 g/mol. The molecule has 1 unspecified atom stereocenters. The molecule has 2 aliphatic rings. The Morgan fingerprint density at radius 2 is 1.86 bits per heavy atom. The first-order valence-corrected chi connectivity index (χ1v) is 6.83. The number of nitrogens with one attached hydrogen (secondary N) is 1. The molecule has 0 spiro atoms. The van der Waals surface area contributed by atoms with Crippen molar-refractivity contribution < 1.29 is 4.79 Å². The largest absolute Gasteiger partial charge is 0.352 e. The first-order chi connectivity index (χ1) is 6.86. The van der Waals surface area contributed by atoms with Crippen molar-refractivity contribution in [1.82, 2.24) is 5.32 Å². The maximum Gasteiger partial charge on any atom is 0.233 e. The van der Waals surface area contributed by atoms with Gasteiger partial charge in [0.15, 0.2) is 0 Å². The van der Waals surface area contributed by atoms with E-state index in [1.54, 1.807) is 0 Å². The first-order valence-electron chi connectivity index (χ1n) is 5.78. The van der Waals surface area contributed by atoms with Gasteiger partial charge in [0.2, 0.25) is 5.91 Å². The van der Waals surface area contributed by atoms with Crippen molar-refractivity contribution in [1.29, 1.82) is 0 Å². The standard InChI is InChI=1S/C11H19NOS/c13-11(10-7-4-8-14-10)12-9-5-2-1-3-6-9/h9-10H,1-8H2,(H,12,13). The van der Waals surface area contributed by atoms with E-state index in [0.717, 1.165) is 6.42 Å². The Morgan fingerprint density at radius 3 is 2.50 bits per heavy atom. The van der Waals surface area contributed by atoms with E-state index in [2.05, 4.69) is 5.32 Å². The van der Waals surface area contributed by atoms with Crippen molar-refractivity contribution in [3.63, 3.8) is 0 Å². The van der Waals surface area contributed by atoms with Gasteiger partial charge in [-0.15, -0.1) is 11.8 Å². The lowest BCUT2D eigenvalue weighted by molar-refractivity contribution is -0.121. The lowest BCUT2D eigenvalue weighted by Crippen LogP contribution is -2.40. The zero-order chi connectivity index (χ0) is 9.80. The fourth-order valence-corrected chi connectivity index (χ4v) is 3.50. The van der Waals surface area contributed by atoms with Crippen LogP contribution in [-0.2, 0) is 4.79 Å². The molecular formula is C11H19NOS. The number of amides is 1. The number of carbonyl (C=O) groups excluding carboxylic acids is 1. The number of carbonyl (C=O) groups is 1. The summed E-state index contributed by atoms with van der Waals surface area (Å²) in [7, 11) is 0. The third-order valence-electron chi connectivity index (χ3n) is 3.17. The zero-order valence-corrected chi connectivity index (χ0v) is 9.44. The second kappa shape index (κ2) is 5.06. The first kappa shape index (κ1) is 10.3. The number of rotatable bonds is 2. The topological polar surface area (TPSA) is 29.1 Å². The van der Waals surface area contributed by atoms with Crippen LogP contribution in [0.3, 0.4) is 0 Å². The van der Waals surface area contributed by atoms with Crippen LogP contribution in [0.25, 0.3) is 0 Å². The molecule has 80 valence electrons. The molecule has 2 nitrogen and oxygen atoms in total. The molecule has 0 aromatic heterocycles. The molecule has 3 heteroatoms. The summed E-state index contributed by atoms with van der Waals surface area (Å²) in [6.07, 6.45) is 8.64. The van der Waals surface area contributed by atoms with Crippen LogP contribution in [0.5, 0.6) is 0 Å². The van der Waals surface area contributed by atoms with E-state index in [9.17, 15) is 4.79 Å². The van der Waals surface area contributed by atoms with E-state index in [4.69, 9.17) is 0 Å². The van der Waals surface area contributed by atoms with E-state index in [-0.39, 0.29) is 5.25 Å². The lowest BCUT2D eigenvalue weighted by atomic mass is 9.95. The second-order valence-corrected chi connectivity index (χ2v) is 5.66. The van der Waals surface area contributed by atoms with Gasteiger partial charge in [-0.2, -0.15) is 0 Å². The Hall–Kier alpha value is -0.180. The van der Waals surface area contributed by atoms with Crippen LogP contribution < -0.4 is 5.32 Å². The summed E-state index contributed by atoms with van der Waals surface area (Å²) in [5.74, 6) is 1.47. The minimum Gasteiger partial charge on any atom is -0.352 e. The van der Waals surface area contributed by atoms with E-state index in [1.165, 1.54) is 44.3 Å². The maximum absolute atomic E-state index is 11.8.